The van der Waals surface area contributed by atoms with Gasteiger partial charge in [-0.15, -0.1) is 0 Å². The van der Waals surface area contributed by atoms with Gasteiger partial charge in [0.05, 0.1) is 25.0 Å². The normalized spacial score (nSPS) is 16.7. The first-order chi connectivity index (χ1) is 13.1. The molecule has 1 fully saturated rings. The molecule has 0 radical (unpaired) electrons. The minimum atomic E-state index is -0.172. The second kappa shape index (κ2) is 8.68. The summed E-state index contributed by atoms with van der Waals surface area (Å²) in [5, 5.41) is 5.66. The predicted octanol–water partition coefficient (Wildman–Crippen LogP) is 3.43. The molecule has 2 amide bonds. The van der Waals surface area contributed by atoms with Crippen LogP contribution in [0.4, 0.5) is 11.4 Å². The molecule has 6 heteroatoms. The minimum absolute atomic E-state index is 0.0948. The predicted molar refractivity (Wildman–Crippen MR) is 106 cm³/mol. The number of benzene rings is 2. The van der Waals surface area contributed by atoms with Crippen molar-refractivity contribution in [2.45, 2.75) is 25.8 Å². The van der Waals surface area contributed by atoms with Crippen molar-refractivity contribution in [3.8, 4) is 5.75 Å². The van der Waals surface area contributed by atoms with Gasteiger partial charge >= 0.3 is 0 Å². The van der Waals surface area contributed by atoms with Crippen LogP contribution in [-0.4, -0.2) is 36.9 Å². The molecule has 27 heavy (non-hydrogen) atoms. The summed E-state index contributed by atoms with van der Waals surface area (Å²) in [6.07, 6.45) is 2.07. The summed E-state index contributed by atoms with van der Waals surface area (Å²) in [6, 6.07) is 15.4. The molecule has 6 nitrogen and oxygen atoms in total. The molecule has 2 aromatic rings. The molecule has 1 atom stereocenters. The Labute approximate surface area is 159 Å². The Morgan fingerprint density at radius 3 is 2.56 bits per heavy atom. The highest BCUT2D eigenvalue weighted by Crippen LogP contribution is 2.33. The molecule has 0 spiro atoms. The molecule has 0 bridgehead atoms. The minimum Gasteiger partial charge on any atom is -0.497 e. The maximum atomic E-state index is 12.6. The maximum Gasteiger partial charge on any atom is 0.238 e. The van der Waals surface area contributed by atoms with E-state index in [-0.39, 0.29) is 17.9 Å². The Kier molecular flexibility index (Phi) is 6.08. The highest BCUT2D eigenvalue weighted by molar-refractivity contribution is 5.99. The molecule has 1 saturated heterocycles. The third-order valence-corrected chi connectivity index (χ3v) is 4.70. The monoisotopic (exact) mass is 367 g/mol. The fraction of sp³-hybridized carbons (Fsp3) is 0.333. The van der Waals surface area contributed by atoms with Crippen molar-refractivity contribution < 1.29 is 14.3 Å². The largest absolute Gasteiger partial charge is 0.497 e. The first-order valence-corrected chi connectivity index (χ1v) is 9.11. The third kappa shape index (κ3) is 4.86. The molecule has 1 aliphatic heterocycles. The lowest BCUT2D eigenvalue weighted by atomic mass is 10.0. The molecule has 1 aliphatic rings. The molecule has 1 unspecified atom stereocenters. The van der Waals surface area contributed by atoms with Crippen molar-refractivity contribution in [2.75, 3.05) is 30.8 Å². The van der Waals surface area contributed by atoms with Gasteiger partial charge in [0, 0.05) is 13.0 Å². The Morgan fingerprint density at radius 1 is 1.11 bits per heavy atom. The zero-order valence-electron chi connectivity index (χ0n) is 15.7. The average molecular weight is 367 g/mol. The molecule has 0 aromatic heterocycles. The van der Waals surface area contributed by atoms with Crippen LogP contribution in [0.15, 0.2) is 48.5 Å². The summed E-state index contributed by atoms with van der Waals surface area (Å²) >= 11 is 0. The summed E-state index contributed by atoms with van der Waals surface area (Å²) in [6.45, 7) is 2.63. The number of nitrogens with one attached hydrogen (secondary N) is 2. The first kappa shape index (κ1) is 18.9. The summed E-state index contributed by atoms with van der Waals surface area (Å²) < 4.78 is 5.32. The van der Waals surface area contributed by atoms with Crippen LogP contribution in [0.5, 0.6) is 5.75 Å². The van der Waals surface area contributed by atoms with Gasteiger partial charge in [0.15, 0.2) is 0 Å². The van der Waals surface area contributed by atoms with Gasteiger partial charge in [-0.1, -0.05) is 24.3 Å². The standard InChI is InChI=1S/C21H25N3O3/c1-15(25)22-18-9-3-4-10-19(18)23-21(26)14-24-12-6-11-20(24)16-7-5-8-17(13-16)27-2/h3-5,7-10,13,20H,6,11-12,14H2,1-2H3,(H,22,25)(H,23,26). The number of carbonyl (C=O) groups is 2. The SMILES string of the molecule is COc1cccc(C2CCCN2CC(=O)Nc2ccccc2NC(C)=O)c1. The Balaban J connectivity index is 1.67. The number of rotatable bonds is 6. The fourth-order valence-electron chi connectivity index (χ4n) is 3.51. The number of hydrogen-bond acceptors (Lipinski definition) is 4. The molecular weight excluding hydrogens is 342 g/mol. The Morgan fingerprint density at radius 2 is 1.85 bits per heavy atom. The maximum absolute atomic E-state index is 12.6. The summed E-state index contributed by atoms with van der Waals surface area (Å²) in [5.41, 5.74) is 2.37. The number of likely N-dealkylation sites (tertiary alicyclic amines) is 1. The number of methoxy groups -OCH3 is 1. The number of hydrogen-bond donors (Lipinski definition) is 2. The van der Waals surface area contributed by atoms with E-state index in [1.54, 1.807) is 19.2 Å². The second-order valence-electron chi connectivity index (χ2n) is 6.68. The van der Waals surface area contributed by atoms with Gasteiger partial charge in [-0.05, 0) is 49.2 Å². The van der Waals surface area contributed by atoms with Crippen molar-refractivity contribution in [3.05, 3.63) is 54.1 Å². The third-order valence-electron chi connectivity index (χ3n) is 4.70. The van der Waals surface area contributed by atoms with E-state index in [9.17, 15) is 9.59 Å². The zero-order valence-corrected chi connectivity index (χ0v) is 15.7. The molecule has 2 N–H and O–H groups in total. The van der Waals surface area contributed by atoms with E-state index in [1.807, 2.05) is 30.3 Å². The average Bonchev–Trinajstić information content (AvgIpc) is 3.11. The molecule has 2 aromatic carbocycles. The van der Waals surface area contributed by atoms with E-state index in [0.29, 0.717) is 17.9 Å². The topological polar surface area (TPSA) is 70.7 Å². The van der Waals surface area contributed by atoms with Crippen LogP contribution in [0.25, 0.3) is 0 Å². The molecule has 1 heterocycles. The molecule has 3 rings (SSSR count). The van der Waals surface area contributed by atoms with Gasteiger partial charge in [-0.2, -0.15) is 0 Å². The van der Waals surface area contributed by atoms with Crippen molar-refractivity contribution >= 4 is 23.2 Å². The van der Waals surface area contributed by atoms with Crippen LogP contribution < -0.4 is 15.4 Å². The van der Waals surface area contributed by atoms with E-state index in [2.05, 4.69) is 21.6 Å². The van der Waals surface area contributed by atoms with E-state index in [1.165, 1.54) is 12.5 Å². The number of ether oxygens (including phenoxy) is 1. The molecule has 142 valence electrons. The smallest absolute Gasteiger partial charge is 0.238 e. The Hall–Kier alpha value is -2.86. The van der Waals surface area contributed by atoms with Gasteiger partial charge in [0.1, 0.15) is 5.75 Å². The summed E-state index contributed by atoms with van der Waals surface area (Å²) in [7, 11) is 1.66. The van der Waals surface area contributed by atoms with Crippen LogP contribution in [0, 0.1) is 0 Å². The van der Waals surface area contributed by atoms with Crippen molar-refractivity contribution in [3.63, 3.8) is 0 Å². The van der Waals surface area contributed by atoms with E-state index < -0.39 is 0 Å². The number of nitrogens with zero attached hydrogens (tertiary/aromatic N) is 1. The lowest BCUT2D eigenvalue weighted by Gasteiger charge is -2.24. The van der Waals surface area contributed by atoms with E-state index in [0.717, 1.165) is 25.1 Å². The number of para-hydroxylation sites is 2. The molecular formula is C21H25N3O3. The number of anilines is 2. The van der Waals surface area contributed by atoms with Gasteiger partial charge in [-0.25, -0.2) is 0 Å². The van der Waals surface area contributed by atoms with Crippen molar-refractivity contribution in [2.24, 2.45) is 0 Å². The van der Waals surface area contributed by atoms with Gasteiger partial charge in [-0.3, -0.25) is 14.5 Å². The fourth-order valence-corrected chi connectivity index (χ4v) is 3.51. The number of carbonyl (C=O) groups excluding carboxylic acids is 2. The summed E-state index contributed by atoms with van der Waals surface area (Å²) in [5.74, 6) is 0.560. The van der Waals surface area contributed by atoms with E-state index >= 15 is 0 Å². The Bertz CT molecular complexity index is 822. The highest BCUT2D eigenvalue weighted by atomic mass is 16.5. The summed E-state index contributed by atoms with van der Waals surface area (Å²) in [4.78, 5) is 26.1. The van der Waals surface area contributed by atoms with Crippen molar-refractivity contribution in [1.82, 2.24) is 4.90 Å². The molecule has 0 aliphatic carbocycles. The van der Waals surface area contributed by atoms with Crippen LogP contribution in [0.1, 0.15) is 31.4 Å². The highest BCUT2D eigenvalue weighted by Gasteiger charge is 2.28. The lowest BCUT2D eigenvalue weighted by molar-refractivity contribution is -0.117. The van der Waals surface area contributed by atoms with Crippen LogP contribution >= 0.6 is 0 Å². The van der Waals surface area contributed by atoms with Crippen molar-refractivity contribution in [1.29, 1.82) is 0 Å². The van der Waals surface area contributed by atoms with Crippen LogP contribution in [0.3, 0.4) is 0 Å². The second-order valence-corrected chi connectivity index (χ2v) is 6.68. The lowest BCUT2D eigenvalue weighted by Crippen LogP contribution is -2.33. The van der Waals surface area contributed by atoms with Crippen LogP contribution in [-0.2, 0) is 9.59 Å². The van der Waals surface area contributed by atoms with Gasteiger partial charge in [0.2, 0.25) is 11.8 Å². The van der Waals surface area contributed by atoms with E-state index in [4.69, 9.17) is 4.74 Å². The van der Waals surface area contributed by atoms with Crippen LogP contribution in [0.2, 0.25) is 0 Å². The van der Waals surface area contributed by atoms with Gasteiger partial charge in [0.25, 0.3) is 0 Å². The first-order valence-electron chi connectivity index (χ1n) is 9.11. The van der Waals surface area contributed by atoms with Gasteiger partial charge < -0.3 is 15.4 Å². The quantitative estimate of drug-likeness (QED) is 0.821. The zero-order chi connectivity index (χ0) is 19.2. The molecule has 0 saturated carbocycles. The number of amides is 2.